The van der Waals surface area contributed by atoms with Crippen molar-refractivity contribution < 1.29 is 8.42 Å². The molecule has 3 nitrogen and oxygen atoms in total. The van der Waals surface area contributed by atoms with E-state index in [1.54, 1.807) is 0 Å². The summed E-state index contributed by atoms with van der Waals surface area (Å²) in [7, 11) is -3.10. The van der Waals surface area contributed by atoms with Crippen molar-refractivity contribution in [2.45, 2.75) is 72.3 Å². The topological polar surface area (TPSA) is 46.2 Å². The SMILES string of the molecule is CC[C@@H]1CCC[C@H](NS(=O)(=O)CCC(C)(C)C)C1. The van der Waals surface area contributed by atoms with Crippen LogP contribution in [0.5, 0.6) is 0 Å². The minimum absolute atomic E-state index is 0.0767. The number of nitrogens with one attached hydrogen (secondary N) is 1. The van der Waals surface area contributed by atoms with Gasteiger partial charge in [0.05, 0.1) is 5.75 Å². The summed E-state index contributed by atoms with van der Waals surface area (Å²) >= 11 is 0. The predicted octanol–water partition coefficient (Wildman–Crippen LogP) is 3.31. The summed E-state index contributed by atoms with van der Waals surface area (Å²) in [6.07, 6.45) is 6.32. The van der Waals surface area contributed by atoms with Crippen LogP contribution in [0.1, 0.15) is 66.2 Å². The second-order valence-corrected chi connectivity index (χ2v) is 8.76. The third-order valence-corrected chi connectivity index (χ3v) is 5.26. The summed E-state index contributed by atoms with van der Waals surface area (Å²) in [5.74, 6) is 0.957. The summed E-state index contributed by atoms with van der Waals surface area (Å²) < 4.78 is 27.0. The largest absolute Gasteiger partial charge is 0.212 e. The zero-order chi connectivity index (χ0) is 13.8. The van der Waals surface area contributed by atoms with E-state index in [0.717, 1.165) is 19.3 Å². The van der Waals surface area contributed by atoms with Crippen LogP contribution in [0, 0.1) is 11.3 Å². The Kier molecular flexibility index (Phi) is 5.66. The van der Waals surface area contributed by atoms with Crippen molar-refractivity contribution in [3.8, 4) is 0 Å². The van der Waals surface area contributed by atoms with E-state index < -0.39 is 10.0 Å². The Bertz CT molecular complexity index is 343. The van der Waals surface area contributed by atoms with Crippen molar-refractivity contribution in [3.63, 3.8) is 0 Å². The highest BCUT2D eigenvalue weighted by Gasteiger charge is 2.25. The van der Waals surface area contributed by atoms with Gasteiger partial charge in [-0.05, 0) is 30.6 Å². The Morgan fingerprint density at radius 1 is 1.22 bits per heavy atom. The summed E-state index contributed by atoms with van der Waals surface area (Å²) in [6.45, 7) is 8.43. The van der Waals surface area contributed by atoms with Crippen LogP contribution in [0.4, 0.5) is 0 Å². The molecule has 1 aliphatic rings. The maximum atomic E-state index is 12.0. The molecule has 2 atom stereocenters. The minimum atomic E-state index is -3.10. The van der Waals surface area contributed by atoms with E-state index in [-0.39, 0.29) is 17.2 Å². The van der Waals surface area contributed by atoms with Crippen molar-refractivity contribution >= 4 is 10.0 Å². The zero-order valence-corrected chi connectivity index (χ0v) is 13.1. The Balaban J connectivity index is 2.45. The molecule has 1 N–H and O–H groups in total. The molecule has 0 radical (unpaired) electrons. The predicted molar refractivity (Wildman–Crippen MR) is 77.0 cm³/mol. The van der Waals surface area contributed by atoms with Crippen LogP contribution in [0.15, 0.2) is 0 Å². The lowest BCUT2D eigenvalue weighted by atomic mass is 9.85. The Labute approximate surface area is 113 Å². The number of sulfonamides is 1. The molecule has 1 fully saturated rings. The van der Waals surface area contributed by atoms with Crippen LogP contribution < -0.4 is 4.72 Å². The second kappa shape index (κ2) is 6.38. The quantitative estimate of drug-likeness (QED) is 0.836. The van der Waals surface area contributed by atoms with Crippen molar-refractivity contribution in [1.82, 2.24) is 4.72 Å². The average molecular weight is 275 g/mol. The fourth-order valence-corrected chi connectivity index (χ4v) is 4.24. The third-order valence-electron chi connectivity index (χ3n) is 3.83. The molecule has 1 saturated carbocycles. The molecule has 1 rings (SSSR count). The van der Waals surface area contributed by atoms with Gasteiger partial charge in [0.15, 0.2) is 0 Å². The van der Waals surface area contributed by atoms with Crippen molar-refractivity contribution in [3.05, 3.63) is 0 Å². The van der Waals surface area contributed by atoms with Gasteiger partial charge in [0.1, 0.15) is 0 Å². The summed E-state index contributed by atoms with van der Waals surface area (Å²) in [6, 6.07) is 0.175. The maximum absolute atomic E-state index is 12.0. The molecule has 0 aromatic carbocycles. The first-order chi connectivity index (χ1) is 8.22. The molecule has 0 heterocycles. The van der Waals surface area contributed by atoms with Crippen LogP contribution in [0.2, 0.25) is 0 Å². The molecule has 0 amide bonds. The molecule has 18 heavy (non-hydrogen) atoms. The molecule has 0 unspecified atom stereocenters. The van der Waals surface area contributed by atoms with E-state index >= 15 is 0 Å². The molecule has 0 bridgehead atoms. The van der Waals surface area contributed by atoms with Crippen LogP contribution >= 0.6 is 0 Å². The van der Waals surface area contributed by atoms with Gasteiger partial charge in [-0.15, -0.1) is 0 Å². The lowest BCUT2D eigenvalue weighted by Gasteiger charge is -2.29. The van der Waals surface area contributed by atoms with Gasteiger partial charge in [0.25, 0.3) is 0 Å². The summed E-state index contributed by atoms with van der Waals surface area (Å²) in [5, 5.41) is 0. The van der Waals surface area contributed by atoms with Gasteiger partial charge < -0.3 is 0 Å². The van der Waals surface area contributed by atoms with E-state index in [1.165, 1.54) is 12.8 Å². The summed E-state index contributed by atoms with van der Waals surface area (Å²) in [5.41, 5.74) is 0.0767. The van der Waals surface area contributed by atoms with Crippen molar-refractivity contribution in [2.75, 3.05) is 5.75 Å². The number of rotatable bonds is 5. The van der Waals surface area contributed by atoms with E-state index in [9.17, 15) is 8.42 Å². The standard InChI is InChI=1S/C14H29NO2S/c1-5-12-7-6-8-13(11-12)15-18(16,17)10-9-14(2,3)4/h12-13,15H,5-11H2,1-4H3/t12-,13+/m1/s1. The lowest BCUT2D eigenvalue weighted by Crippen LogP contribution is -2.40. The van der Waals surface area contributed by atoms with Crippen LogP contribution in [0.3, 0.4) is 0 Å². The van der Waals surface area contributed by atoms with Gasteiger partial charge in [0.2, 0.25) is 10.0 Å². The Morgan fingerprint density at radius 3 is 2.44 bits per heavy atom. The smallest absolute Gasteiger partial charge is 0.211 e. The molecule has 0 spiro atoms. The van der Waals surface area contributed by atoms with Crippen molar-refractivity contribution in [2.24, 2.45) is 11.3 Å². The highest BCUT2D eigenvalue weighted by atomic mass is 32.2. The molecule has 0 aromatic heterocycles. The van der Waals surface area contributed by atoms with Gasteiger partial charge in [-0.3, -0.25) is 0 Å². The van der Waals surface area contributed by atoms with Gasteiger partial charge >= 0.3 is 0 Å². The first-order valence-electron chi connectivity index (χ1n) is 7.22. The monoisotopic (exact) mass is 275 g/mol. The van der Waals surface area contributed by atoms with Gasteiger partial charge in [-0.25, -0.2) is 13.1 Å². The van der Waals surface area contributed by atoms with Gasteiger partial charge in [-0.1, -0.05) is 47.0 Å². The molecule has 0 saturated heterocycles. The van der Waals surface area contributed by atoms with E-state index in [4.69, 9.17) is 0 Å². The molecule has 108 valence electrons. The molecule has 0 aromatic rings. The number of hydrogen-bond donors (Lipinski definition) is 1. The zero-order valence-electron chi connectivity index (χ0n) is 12.3. The molecule has 4 heteroatoms. The Hall–Kier alpha value is -0.0900. The fraction of sp³-hybridized carbons (Fsp3) is 1.00. The highest BCUT2D eigenvalue weighted by molar-refractivity contribution is 7.89. The third kappa shape index (κ3) is 6.19. The highest BCUT2D eigenvalue weighted by Crippen LogP contribution is 2.27. The first kappa shape index (κ1) is 16.0. The summed E-state index contributed by atoms with van der Waals surface area (Å²) in [4.78, 5) is 0. The van der Waals surface area contributed by atoms with Gasteiger partial charge in [-0.2, -0.15) is 0 Å². The average Bonchev–Trinajstić information content (AvgIpc) is 2.25. The van der Waals surface area contributed by atoms with Crippen molar-refractivity contribution in [1.29, 1.82) is 0 Å². The van der Waals surface area contributed by atoms with E-state index in [1.807, 2.05) is 0 Å². The minimum Gasteiger partial charge on any atom is -0.212 e. The molecular weight excluding hydrogens is 246 g/mol. The maximum Gasteiger partial charge on any atom is 0.211 e. The normalized spacial score (nSPS) is 26.2. The van der Waals surface area contributed by atoms with E-state index in [2.05, 4.69) is 32.4 Å². The molecule has 1 aliphatic carbocycles. The molecule has 0 aliphatic heterocycles. The Morgan fingerprint density at radius 2 is 1.89 bits per heavy atom. The number of hydrogen-bond acceptors (Lipinski definition) is 2. The first-order valence-corrected chi connectivity index (χ1v) is 8.87. The van der Waals surface area contributed by atoms with E-state index in [0.29, 0.717) is 12.3 Å². The van der Waals surface area contributed by atoms with Crippen LogP contribution in [-0.2, 0) is 10.0 Å². The lowest BCUT2D eigenvalue weighted by molar-refractivity contribution is 0.300. The van der Waals surface area contributed by atoms with Crippen LogP contribution in [0.25, 0.3) is 0 Å². The molecular formula is C14H29NO2S. The second-order valence-electron chi connectivity index (χ2n) is 6.89. The fourth-order valence-electron chi connectivity index (χ4n) is 2.52. The van der Waals surface area contributed by atoms with Crippen LogP contribution in [-0.4, -0.2) is 20.2 Å². The van der Waals surface area contributed by atoms with Gasteiger partial charge in [0, 0.05) is 6.04 Å².